The molecule has 50 heavy (non-hydrogen) atoms. The first-order valence-corrected chi connectivity index (χ1v) is 17.4. The summed E-state index contributed by atoms with van der Waals surface area (Å²) in [6.45, 7) is 6.24. The van der Waals surface area contributed by atoms with E-state index < -0.39 is 11.7 Å². The molecule has 260 valence electrons. The van der Waals surface area contributed by atoms with Crippen LogP contribution in [-0.4, -0.2) is 72.3 Å². The molecule has 6 nitrogen and oxygen atoms in total. The quantitative estimate of drug-likeness (QED) is 0.193. The third-order valence-electron chi connectivity index (χ3n) is 9.20. The lowest BCUT2D eigenvalue weighted by Crippen LogP contribution is -2.49. The van der Waals surface area contributed by atoms with Gasteiger partial charge >= 0.3 is 6.18 Å². The molecule has 0 aromatic heterocycles. The number of alkyl halides is 3. The highest BCUT2D eigenvalue weighted by Gasteiger charge is 2.34. The number of aliphatic imine (C=N–C) groups is 1. The van der Waals surface area contributed by atoms with Gasteiger partial charge in [-0.15, -0.1) is 0 Å². The molecule has 4 aromatic rings. The Hall–Kier alpha value is -4.60. The zero-order valence-electron chi connectivity index (χ0n) is 28.0. The minimum Gasteiger partial charge on any atom is -0.369 e. The molecule has 2 aliphatic rings. The van der Waals surface area contributed by atoms with Gasteiger partial charge in [-0.1, -0.05) is 90.5 Å². The predicted octanol–water partition coefficient (Wildman–Crippen LogP) is 7.86. The summed E-state index contributed by atoms with van der Waals surface area (Å²) in [5.41, 5.74) is 4.14. The van der Waals surface area contributed by atoms with Crippen LogP contribution in [0.15, 0.2) is 120 Å². The average molecular weight is 700 g/mol. The lowest BCUT2D eigenvalue weighted by Gasteiger charge is -2.39. The molecular formula is C40H41ClF3N5O. The van der Waals surface area contributed by atoms with E-state index in [2.05, 4.69) is 63.7 Å². The molecule has 10 heteroatoms. The monoisotopic (exact) mass is 699 g/mol. The van der Waals surface area contributed by atoms with Crippen molar-refractivity contribution in [2.24, 2.45) is 4.99 Å². The van der Waals surface area contributed by atoms with Crippen molar-refractivity contribution >= 4 is 23.3 Å². The van der Waals surface area contributed by atoms with Crippen molar-refractivity contribution in [3.8, 4) is 0 Å². The number of benzene rings is 4. The molecule has 0 atom stereocenters. The van der Waals surface area contributed by atoms with Crippen molar-refractivity contribution in [1.82, 2.24) is 20.0 Å². The Morgan fingerprint density at radius 3 is 2.20 bits per heavy atom. The second kappa shape index (κ2) is 16.0. The smallest absolute Gasteiger partial charge is 0.369 e. The number of hydrogen-bond donors (Lipinski definition) is 1. The van der Waals surface area contributed by atoms with Crippen molar-refractivity contribution in [2.45, 2.75) is 32.1 Å². The highest BCUT2D eigenvalue weighted by molar-refractivity contribution is 6.30. The van der Waals surface area contributed by atoms with Crippen LogP contribution in [-0.2, 0) is 19.1 Å². The summed E-state index contributed by atoms with van der Waals surface area (Å²) in [6.07, 6.45) is -2.04. The largest absolute Gasteiger partial charge is 0.416 e. The van der Waals surface area contributed by atoms with Gasteiger partial charge in [0, 0.05) is 56.4 Å². The summed E-state index contributed by atoms with van der Waals surface area (Å²) in [4.78, 5) is 24.7. The van der Waals surface area contributed by atoms with Crippen LogP contribution in [0.25, 0.3) is 0 Å². The topological polar surface area (TPSA) is 51.2 Å². The van der Waals surface area contributed by atoms with Crippen LogP contribution in [0.4, 0.5) is 13.2 Å². The van der Waals surface area contributed by atoms with Gasteiger partial charge in [-0.2, -0.15) is 13.2 Å². The molecule has 0 saturated carbocycles. The molecule has 0 spiro atoms. The van der Waals surface area contributed by atoms with E-state index in [4.69, 9.17) is 11.6 Å². The molecule has 0 unspecified atom stereocenters. The van der Waals surface area contributed by atoms with E-state index in [0.717, 1.165) is 30.4 Å². The Bertz CT molecular complexity index is 1780. The van der Waals surface area contributed by atoms with Gasteiger partial charge in [0.1, 0.15) is 5.84 Å². The Kier molecular flexibility index (Phi) is 11.2. The number of likely N-dealkylation sites (N-methyl/N-ethyl adjacent to an activating group) is 1. The molecule has 0 aliphatic carbocycles. The lowest BCUT2D eigenvalue weighted by atomic mass is 9.96. The normalized spacial score (nSPS) is 16.5. The van der Waals surface area contributed by atoms with E-state index >= 15 is 0 Å². The molecule has 1 N–H and O–H groups in total. The fraction of sp³-hybridized carbons (Fsp3) is 0.300. The molecule has 1 amide bonds. The van der Waals surface area contributed by atoms with Crippen LogP contribution in [0.2, 0.25) is 5.02 Å². The number of piperazine rings is 1. The summed E-state index contributed by atoms with van der Waals surface area (Å²) < 4.78 is 41.7. The molecule has 6 rings (SSSR count). The average Bonchev–Trinajstić information content (AvgIpc) is 3.12. The summed E-state index contributed by atoms with van der Waals surface area (Å²) in [6, 6.07) is 32.4. The minimum absolute atomic E-state index is 0.00930. The predicted molar refractivity (Wildman–Crippen MR) is 193 cm³/mol. The third-order valence-corrected chi connectivity index (χ3v) is 9.44. The van der Waals surface area contributed by atoms with Gasteiger partial charge in [0.05, 0.1) is 23.8 Å². The lowest BCUT2D eigenvalue weighted by molar-refractivity contribution is -0.138. The molecule has 2 heterocycles. The highest BCUT2D eigenvalue weighted by atomic mass is 35.5. The van der Waals surface area contributed by atoms with E-state index in [1.54, 1.807) is 0 Å². The summed E-state index contributed by atoms with van der Waals surface area (Å²) >= 11 is 6.14. The van der Waals surface area contributed by atoms with Gasteiger partial charge in [-0.25, -0.2) is 0 Å². The standard InChI is InChI=1S/C40H41ClF3N5O/c1-2-45-38-36(49(21-20-46-38)28-33-27-34(41)17-18-35(33)40(42,43)44)19-16-29-10-9-15-32(26-29)39(50)48-24-22-47(23-25-48)37(30-11-5-3-6-12-30)31-13-7-4-8-14-31/h3-15,17-19,26-27,37H,2,16,20-25,28H2,1H3,(H,45,46)/b36-19+. The van der Waals surface area contributed by atoms with Gasteiger partial charge in [-0.3, -0.25) is 14.7 Å². The summed E-state index contributed by atoms with van der Waals surface area (Å²) in [7, 11) is 0. The van der Waals surface area contributed by atoms with Crippen LogP contribution in [0.5, 0.6) is 0 Å². The van der Waals surface area contributed by atoms with Gasteiger partial charge < -0.3 is 15.1 Å². The summed E-state index contributed by atoms with van der Waals surface area (Å²) in [5, 5.41) is 3.53. The van der Waals surface area contributed by atoms with Crippen LogP contribution in [0.1, 0.15) is 51.1 Å². The molecular weight excluding hydrogens is 659 g/mol. The van der Waals surface area contributed by atoms with Crippen LogP contribution < -0.4 is 5.32 Å². The van der Waals surface area contributed by atoms with Gasteiger partial charge in [0.2, 0.25) is 0 Å². The Labute approximate surface area is 296 Å². The van der Waals surface area contributed by atoms with Crippen molar-refractivity contribution in [1.29, 1.82) is 0 Å². The molecule has 0 radical (unpaired) electrons. The maximum Gasteiger partial charge on any atom is 0.416 e. The number of halogens is 4. The van der Waals surface area contributed by atoms with Crippen LogP contribution in [0, 0.1) is 0 Å². The highest BCUT2D eigenvalue weighted by Crippen LogP contribution is 2.35. The maximum atomic E-state index is 13.9. The van der Waals surface area contributed by atoms with Crippen LogP contribution >= 0.6 is 11.6 Å². The van der Waals surface area contributed by atoms with Crippen molar-refractivity contribution < 1.29 is 18.0 Å². The first-order valence-electron chi connectivity index (χ1n) is 17.0. The van der Waals surface area contributed by atoms with Gasteiger partial charge in [0.15, 0.2) is 0 Å². The second-order valence-corrected chi connectivity index (χ2v) is 13.0. The van der Waals surface area contributed by atoms with E-state index in [1.165, 1.54) is 23.3 Å². The molecule has 2 aliphatic heterocycles. The molecule has 1 fully saturated rings. The number of nitrogens with one attached hydrogen (secondary N) is 1. The SMILES string of the molecule is CCNC1=NCCN(Cc2cc(Cl)ccc2C(F)(F)F)/C1=C/Cc1cccc(C(=O)N2CCN(C(c3ccccc3)c3ccccc3)CC2)c1. The number of allylic oxidation sites excluding steroid dienone is 1. The number of rotatable bonds is 9. The Morgan fingerprint density at radius 2 is 1.56 bits per heavy atom. The third kappa shape index (κ3) is 8.40. The molecule has 4 aromatic carbocycles. The second-order valence-electron chi connectivity index (χ2n) is 12.5. The first kappa shape index (κ1) is 35.2. The maximum absolute atomic E-state index is 13.9. The zero-order valence-corrected chi connectivity index (χ0v) is 28.8. The van der Waals surface area contributed by atoms with E-state index in [0.29, 0.717) is 50.5 Å². The van der Waals surface area contributed by atoms with Gasteiger partial charge in [0.25, 0.3) is 5.91 Å². The number of carbonyl (C=O) groups is 1. The first-order chi connectivity index (χ1) is 24.2. The van der Waals surface area contributed by atoms with Crippen molar-refractivity contribution in [3.05, 3.63) is 153 Å². The number of carbonyl (C=O) groups excluding carboxylic acids is 1. The molecule has 0 bridgehead atoms. The molecule has 1 saturated heterocycles. The van der Waals surface area contributed by atoms with Crippen molar-refractivity contribution in [3.63, 3.8) is 0 Å². The number of hydrogen-bond acceptors (Lipinski definition) is 5. The summed E-state index contributed by atoms with van der Waals surface area (Å²) in [5.74, 6) is 0.633. The van der Waals surface area contributed by atoms with Crippen molar-refractivity contribution in [2.75, 3.05) is 45.8 Å². The Balaban J connectivity index is 1.16. The van der Waals surface area contributed by atoms with Crippen LogP contribution in [0.3, 0.4) is 0 Å². The fourth-order valence-corrected chi connectivity index (χ4v) is 7.00. The van der Waals surface area contributed by atoms with Gasteiger partial charge in [-0.05, 0) is 65.9 Å². The van der Waals surface area contributed by atoms with E-state index in [-0.39, 0.29) is 29.1 Å². The number of amidine groups is 1. The zero-order chi connectivity index (χ0) is 35.1. The number of nitrogens with zero attached hydrogens (tertiary/aromatic N) is 4. The Morgan fingerprint density at radius 1 is 0.880 bits per heavy atom. The fourth-order valence-electron chi connectivity index (χ4n) is 6.81. The van der Waals surface area contributed by atoms with E-state index in [1.807, 2.05) is 59.2 Å². The number of amides is 1. The van der Waals surface area contributed by atoms with E-state index in [9.17, 15) is 18.0 Å². The minimum atomic E-state index is -4.50.